The summed E-state index contributed by atoms with van der Waals surface area (Å²) in [6.45, 7) is 5.14. The van der Waals surface area contributed by atoms with Gasteiger partial charge in [-0.05, 0) is 43.5 Å². The van der Waals surface area contributed by atoms with Crippen molar-refractivity contribution in [3.05, 3.63) is 28.7 Å². The number of nitrogens with zero attached hydrogens (tertiary/aromatic N) is 1. The number of carbonyl (C=O) groups excluding carboxylic acids is 1. The lowest BCUT2D eigenvalue weighted by molar-refractivity contribution is -0.123. The fourth-order valence-corrected chi connectivity index (χ4v) is 6.35. The Morgan fingerprint density at radius 2 is 2.07 bits per heavy atom. The van der Waals surface area contributed by atoms with Crippen molar-refractivity contribution in [2.45, 2.75) is 39.2 Å². The minimum Gasteiger partial charge on any atom is -0.490 e. The molecule has 9 heteroatoms. The van der Waals surface area contributed by atoms with Crippen molar-refractivity contribution < 1.29 is 22.7 Å². The van der Waals surface area contributed by atoms with Gasteiger partial charge in [-0.3, -0.25) is 9.69 Å². The Hall–Kier alpha value is -1.58. The Kier molecular flexibility index (Phi) is 7.23. The average molecular weight is 456 g/mol. The van der Waals surface area contributed by atoms with E-state index >= 15 is 0 Å². The highest BCUT2D eigenvalue weighted by molar-refractivity contribution is 8.26. The Morgan fingerprint density at radius 1 is 1.28 bits per heavy atom. The Labute approximate surface area is 181 Å². The number of amides is 1. The van der Waals surface area contributed by atoms with Gasteiger partial charge in [-0.1, -0.05) is 43.4 Å². The summed E-state index contributed by atoms with van der Waals surface area (Å²) in [7, 11) is -3.10. The van der Waals surface area contributed by atoms with E-state index in [0.29, 0.717) is 40.4 Å². The van der Waals surface area contributed by atoms with Crippen molar-refractivity contribution >= 4 is 50.1 Å². The summed E-state index contributed by atoms with van der Waals surface area (Å²) in [6, 6.07) is 5.19. The van der Waals surface area contributed by atoms with Crippen LogP contribution in [0.2, 0.25) is 0 Å². The minimum atomic E-state index is -3.10. The van der Waals surface area contributed by atoms with Crippen molar-refractivity contribution in [3.63, 3.8) is 0 Å². The molecule has 158 valence electrons. The molecule has 0 radical (unpaired) electrons. The molecule has 0 bridgehead atoms. The van der Waals surface area contributed by atoms with Crippen molar-refractivity contribution in [2.24, 2.45) is 0 Å². The number of thioether (sulfide) groups is 1. The number of sulfone groups is 1. The van der Waals surface area contributed by atoms with E-state index < -0.39 is 9.84 Å². The topological polar surface area (TPSA) is 72.9 Å². The van der Waals surface area contributed by atoms with Gasteiger partial charge in [-0.15, -0.1) is 0 Å². The van der Waals surface area contributed by atoms with Crippen LogP contribution in [0.25, 0.3) is 6.08 Å². The molecule has 2 aliphatic rings. The third-order valence-corrected chi connectivity index (χ3v) is 7.80. The Morgan fingerprint density at radius 3 is 2.72 bits per heavy atom. The second-order valence-electron chi connectivity index (χ2n) is 6.95. The van der Waals surface area contributed by atoms with E-state index in [9.17, 15) is 13.2 Å². The summed E-state index contributed by atoms with van der Waals surface area (Å²) in [6.07, 6.45) is 4.21. The SMILES string of the molecule is CCCCOc1ccc(/C=C2\SC(=S)N([C@H]3CCS(=O)(=O)C3)C2=O)cc1OCC. The van der Waals surface area contributed by atoms with Crippen LogP contribution >= 0.6 is 24.0 Å². The zero-order valence-electron chi connectivity index (χ0n) is 16.5. The average Bonchev–Trinajstić information content (AvgIpc) is 3.15. The summed E-state index contributed by atoms with van der Waals surface area (Å²) in [5, 5.41) is 0. The molecule has 0 saturated carbocycles. The second-order valence-corrected chi connectivity index (χ2v) is 10.9. The molecule has 1 aromatic rings. The largest absolute Gasteiger partial charge is 0.490 e. The third-order valence-electron chi connectivity index (χ3n) is 4.72. The first-order chi connectivity index (χ1) is 13.8. The first-order valence-corrected chi connectivity index (χ1v) is 12.8. The highest BCUT2D eigenvalue weighted by Crippen LogP contribution is 2.37. The maximum Gasteiger partial charge on any atom is 0.266 e. The van der Waals surface area contributed by atoms with E-state index in [4.69, 9.17) is 21.7 Å². The van der Waals surface area contributed by atoms with Crippen LogP contribution < -0.4 is 9.47 Å². The molecular weight excluding hydrogens is 430 g/mol. The van der Waals surface area contributed by atoms with Crippen molar-refractivity contribution in [1.82, 2.24) is 4.90 Å². The maximum atomic E-state index is 12.9. The number of hydrogen-bond donors (Lipinski definition) is 0. The van der Waals surface area contributed by atoms with Gasteiger partial charge in [-0.25, -0.2) is 8.42 Å². The normalized spacial score (nSPS) is 22.5. The number of unbranched alkanes of at least 4 members (excludes halogenated alkanes) is 1. The summed E-state index contributed by atoms with van der Waals surface area (Å²) in [5.41, 5.74) is 0.802. The van der Waals surface area contributed by atoms with Crippen molar-refractivity contribution in [1.29, 1.82) is 0 Å². The lowest BCUT2D eigenvalue weighted by atomic mass is 10.1. The van der Waals surface area contributed by atoms with E-state index in [1.54, 1.807) is 6.08 Å². The van der Waals surface area contributed by atoms with Crippen LogP contribution in [0.3, 0.4) is 0 Å². The second kappa shape index (κ2) is 9.49. The van der Waals surface area contributed by atoms with Gasteiger partial charge in [-0.2, -0.15) is 0 Å². The van der Waals surface area contributed by atoms with Gasteiger partial charge in [0, 0.05) is 0 Å². The summed E-state index contributed by atoms with van der Waals surface area (Å²) in [4.78, 5) is 14.8. The van der Waals surface area contributed by atoms with E-state index in [1.165, 1.54) is 16.7 Å². The van der Waals surface area contributed by atoms with Gasteiger partial charge in [0.1, 0.15) is 4.32 Å². The van der Waals surface area contributed by atoms with Gasteiger partial charge >= 0.3 is 0 Å². The predicted octanol–water partition coefficient (Wildman–Crippen LogP) is 3.65. The van der Waals surface area contributed by atoms with Crippen LogP contribution in [-0.4, -0.2) is 54.3 Å². The van der Waals surface area contributed by atoms with E-state index in [-0.39, 0.29) is 23.5 Å². The van der Waals surface area contributed by atoms with E-state index in [2.05, 4.69) is 6.92 Å². The quantitative estimate of drug-likeness (QED) is 0.336. The van der Waals surface area contributed by atoms with E-state index in [0.717, 1.165) is 18.4 Å². The fourth-order valence-electron chi connectivity index (χ4n) is 3.25. The van der Waals surface area contributed by atoms with Crippen LogP contribution in [0.15, 0.2) is 23.1 Å². The van der Waals surface area contributed by atoms with Crippen LogP contribution in [0.4, 0.5) is 0 Å². The molecule has 0 N–H and O–H groups in total. The Bertz CT molecular complexity index is 926. The third kappa shape index (κ3) is 5.32. The molecule has 3 rings (SSSR count). The molecule has 2 saturated heterocycles. The van der Waals surface area contributed by atoms with Crippen LogP contribution in [0.5, 0.6) is 11.5 Å². The smallest absolute Gasteiger partial charge is 0.266 e. The van der Waals surface area contributed by atoms with Gasteiger partial charge < -0.3 is 9.47 Å². The number of rotatable bonds is 8. The molecule has 0 unspecified atom stereocenters. The molecule has 0 spiro atoms. The summed E-state index contributed by atoms with van der Waals surface area (Å²) in [5.74, 6) is 1.16. The lowest BCUT2D eigenvalue weighted by Gasteiger charge is -2.20. The van der Waals surface area contributed by atoms with Gasteiger partial charge in [0.2, 0.25) is 0 Å². The summed E-state index contributed by atoms with van der Waals surface area (Å²) >= 11 is 6.56. The van der Waals surface area contributed by atoms with Gasteiger partial charge in [0.05, 0.1) is 35.7 Å². The number of benzene rings is 1. The molecule has 2 fully saturated rings. The van der Waals surface area contributed by atoms with Crippen molar-refractivity contribution in [2.75, 3.05) is 24.7 Å². The highest BCUT2D eigenvalue weighted by Gasteiger charge is 2.42. The highest BCUT2D eigenvalue weighted by atomic mass is 32.2. The Balaban J connectivity index is 1.79. The monoisotopic (exact) mass is 455 g/mol. The number of hydrogen-bond acceptors (Lipinski definition) is 7. The molecular formula is C20H25NO5S3. The molecule has 29 heavy (non-hydrogen) atoms. The standard InChI is InChI=1S/C20H25NO5S3/c1-3-5-9-26-16-7-6-14(11-17(16)25-4-2)12-18-19(22)21(20(27)28-18)15-8-10-29(23,24)13-15/h6-7,11-12,15H,3-5,8-10,13H2,1-2H3/b18-12-/t15-/m0/s1. The zero-order chi connectivity index (χ0) is 21.0. The van der Waals surface area contributed by atoms with Gasteiger partial charge in [0.15, 0.2) is 21.3 Å². The summed E-state index contributed by atoms with van der Waals surface area (Å²) < 4.78 is 35.5. The maximum absolute atomic E-state index is 12.9. The predicted molar refractivity (Wildman–Crippen MR) is 120 cm³/mol. The number of ether oxygens (including phenoxy) is 2. The molecule has 6 nitrogen and oxygen atoms in total. The first kappa shape index (κ1) is 22.1. The minimum absolute atomic E-state index is 0.0228. The number of thiocarbonyl (C=S) groups is 1. The zero-order valence-corrected chi connectivity index (χ0v) is 19.0. The van der Waals surface area contributed by atoms with Crippen LogP contribution in [0, 0.1) is 0 Å². The molecule has 0 aromatic heterocycles. The number of carbonyl (C=O) groups is 1. The molecule has 1 aromatic carbocycles. The fraction of sp³-hybridized carbons (Fsp3) is 0.500. The molecule has 0 aliphatic carbocycles. The first-order valence-electron chi connectivity index (χ1n) is 9.71. The van der Waals surface area contributed by atoms with Crippen molar-refractivity contribution in [3.8, 4) is 11.5 Å². The van der Waals surface area contributed by atoms with Gasteiger partial charge in [0.25, 0.3) is 5.91 Å². The van der Waals surface area contributed by atoms with Crippen LogP contribution in [0.1, 0.15) is 38.7 Å². The molecule has 1 atom stereocenters. The molecule has 2 heterocycles. The van der Waals surface area contributed by atoms with Crippen LogP contribution in [-0.2, 0) is 14.6 Å². The molecule has 1 amide bonds. The lowest BCUT2D eigenvalue weighted by Crippen LogP contribution is -2.39. The molecule has 2 aliphatic heterocycles. The van der Waals surface area contributed by atoms with E-state index in [1.807, 2.05) is 25.1 Å².